The third-order valence-electron chi connectivity index (χ3n) is 5.27. The Hall–Kier alpha value is -3.29. The number of carbonyl (C=O) groups excluding carboxylic acids is 2. The molecule has 1 saturated heterocycles. The van der Waals surface area contributed by atoms with E-state index in [0.717, 1.165) is 11.1 Å². The van der Waals surface area contributed by atoms with E-state index in [1.165, 1.54) is 19.4 Å². The number of aliphatic hydroxyl groups is 1. The summed E-state index contributed by atoms with van der Waals surface area (Å²) in [4.78, 5) is 28.1. The number of aliphatic imine (C=N–C) groups is 1. The maximum absolute atomic E-state index is 12.5. The van der Waals surface area contributed by atoms with Gasteiger partial charge in [-0.15, -0.1) is 0 Å². The highest BCUT2D eigenvalue weighted by Crippen LogP contribution is 2.26. The van der Waals surface area contributed by atoms with E-state index in [4.69, 9.17) is 14.2 Å². The van der Waals surface area contributed by atoms with Crippen LogP contribution in [0, 0.1) is 5.92 Å². The molecule has 1 fully saturated rings. The van der Waals surface area contributed by atoms with Crippen LogP contribution >= 0.6 is 0 Å². The van der Waals surface area contributed by atoms with Crippen LogP contribution in [0.5, 0.6) is 0 Å². The molecule has 168 valence electrons. The number of benzene rings is 2. The van der Waals surface area contributed by atoms with Gasteiger partial charge in [0.25, 0.3) is 0 Å². The van der Waals surface area contributed by atoms with Crippen molar-refractivity contribution in [1.82, 2.24) is 0 Å². The molecule has 5 unspecified atom stereocenters. The van der Waals surface area contributed by atoms with Gasteiger partial charge in [-0.05, 0) is 30.2 Å². The SMILES string of the molecule is C=COC1C(N=CC(C)C(C)=O)OC(COC(=O)c2ccc(-c3ccccc3)cc2)C1O. The van der Waals surface area contributed by atoms with E-state index in [1.807, 2.05) is 42.5 Å². The molecule has 1 aliphatic heterocycles. The predicted octanol–water partition coefficient (Wildman–Crippen LogP) is 3.42. The number of aliphatic hydroxyl groups excluding tert-OH is 1. The minimum absolute atomic E-state index is 0.0442. The van der Waals surface area contributed by atoms with E-state index < -0.39 is 36.4 Å². The quantitative estimate of drug-likeness (QED) is 0.367. The number of ether oxygens (including phenoxy) is 3. The number of esters is 1. The highest BCUT2D eigenvalue weighted by Gasteiger charge is 2.45. The van der Waals surface area contributed by atoms with Crippen LogP contribution in [0.2, 0.25) is 0 Å². The third kappa shape index (κ3) is 5.69. The minimum atomic E-state index is -1.09. The Bertz CT molecular complexity index is 956. The highest BCUT2D eigenvalue weighted by molar-refractivity contribution is 5.92. The molecule has 1 aliphatic rings. The van der Waals surface area contributed by atoms with Crippen LogP contribution in [0.1, 0.15) is 24.2 Å². The Kier molecular flexibility index (Phi) is 7.92. The molecule has 0 amide bonds. The van der Waals surface area contributed by atoms with Crippen molar-refractivity contribution in [2.75, 3.05) is 6.61 Å². The second-order valence-electron chi connectivity index (χ2n) is 7.56. The summed E-state index contributed by atoms with van der Waals surface area (Å²) in [5, 5.41) is 10.5. The number of rotatable bonds is 9. The molecule has 0 radical (unpaired) electrons. The van der Waals surface area contributed by atoms with Gasteiger partial charge in [0, 0.05) is 12.1 Å². The van der Waals surface area contributed by atoms with Crippen LogP contribution < -0.4 is 0 Å². The largest absolute Gasteiger partial charge is 0.491 e. The van der Waals surface area contributed by atoms with Crippen LogP contribution in [-0.4, -0.2) is 54.2 Å². The first-order chi connectivity index (χ1) is 15.4. The number of ketones is 1. The van der Waals surface area contributed by atoms with E-state index >= 15 is 0 Å². The average Bonchev–Trinajstić information content (AvgIpc) is 3.11. The molecule has 2 aromatic carbocycles. The fourth-order valence-electron chi connectivity index (χ4n) is 3.22. The van der Waals surface area contributed by atoms with Gasteiger partial charge in [-0.3, -0.25) is 9.79 Å². The van der Waals surface area contributed by atoms with Crippen LogP contribution in [0.15, 0.2) is 72.4 Å². The lowest BCUT2D eigenvalue weighted by molar-refractivity contribution is -0.118. The van der Waals surface area contributed by atoms with E-state index in [0.29, 0.717) is 5.56 Å². The Morgan fingerprint density at radius 1 is 1.16 bits per heavy atom. The smallest absolute Gasteiger partial charge is 0.338 e. The number of hydrogen-bond donors (Lipinski definition) is 1. The molecule has 3 rings (SSSR count). The molecule has 1 N–H and O–H groups in total. The van der Waals surface area contributed by atoms with Crippen LogP contribution in [0.3, 0.4) is 0 Å². The summed E-state index contributed by atoms with van der Waals surface area (Å²) in [5.41, 5.74) is 2.43. The van der Waals surface area contributed by atoms with Gasteiger partial charge < -0.3 is 19.3 Å². The standard InChI is InChI=1S/C25H27NO6/c1-4-30-23-22(28)21(32-24(23)26-14-16(2)17(3)27)15-31-25(29)20-12-10-19(11-13-20)18-8-6-5-7-9-18/h4-14,16,21-24,28H,1,15H2,2-3H3. The first kappa shape index (κ1) is 23.4. The van der Waals surface area contributed by atoms with Gasteiger partial charge in [0.1, 0.15) is 24.6 Å². The topological polar surface area (TPSA) is 94.4 Å². The zero-order valence-corrected chi connectivity index (χ0v) is 18.1. The van der Waals surface area contributed by atoms with Crippen molar-refractivity contribution < 1.29 is 28.9 Å². The summed E-state index contributed by atoms with van der Waals surface area (Å²) in [6.07, 6.45) is -0.938. The first-order valence-electron chi connectivity index (χ1n) is 10.4. The number of hydrogen-bond acceptors (Lipinski definition) is 7. The Balaban J connectivity index is 1.60. The van der Waals surface area contributed by atoms with Crippen molar-refractivity contribution in [3.05, 3.63) is 73.0 Å². The molecule has 0 spiro atoms. The van der Waals surface area contributed by atoms with Crippen molar-refractivity contribution in [2.45, 2.75) is 38.4 Å². The van der Waals surface area contributed by atoms with Crippen molar-refractivity contribution >= 4 is 18.0 Å². The predicted molar refractivity (Wildman–Crippen MR) is 120 cm³/mol. The zero-order valence-electron chi connectivity index (χ0n) is 18.1. The summed E-state index contributed by atoms with van der Waals surface area (Å²) >= 11 is 0. The lowest BCUT2D eigenvalue weighted by atomic mass is 10.0. The summed E-state index contributed by atoms with van der Waals surface area (Å²) in [6, 6.07) is 16.9. The summed E-state index contributed by atoms with van der Waals surface area (Å²) in [5.74, 6) is -0.966. The van der Waals surface area contributed by atoms with E-state index in [1.54, 1.807) is 19.1 Å². The molecule has 2 aromatic rings. The summed E-state index contributed by atoms with van der Waals surface area (Å²) in [7, 11) is 0. The van der Waals surface area contributed by atoms with Gasteiger partial charge in [-0.25, -0.2) is 4.79 Å². The Morgan fingerprint density at radius 2 is 1.81 bits per heavy atom. The van der Waals surface area contributed by atoms with Gasteiger partial charge in [0.15, 0.2) is 12.3 Å². The molecule has 32 heavy (non-hydrogen) atoms. The van der Waals surface area contributed by atoms with E-state index in [-0.39, 0.29) is 12.4 Å². The maximum Gasteiger partial charge on any atom is 0.338 e. The number of Topliss-reactive ketones (excluding diaryl/α,β-unsaturated/α-hetero) is 1. The molecule has 0 saturated carbocycles. The minimum Gasteiger partial charge on any atom is -0.491 e. The van der Waals surface area contributed by atoms with Gasteiger partial charge in [0.2, 0.25) is 0 Å². The second-order valence-corrected chi connectivity index (χ2v) is 7.56. The van der Waals surface area contributed by atoms with Crippen molar-refractivity contribution in [1.29, 1.82) is 0 Å². The van der Waals surface area contributed by atoms with Gasteiger partial charge >= 0.3 is 5.97 Å². The first-order valence-corrected chi connectivity index (χ1v) is 10.4. The van der Waals surface area contributed by atoms with Gasteiger partial charge in [0.05, 0.1) is 11.8 Å². The fourth-order valence-corrected chi connectivity index (χ4v) is 3.22. The third-order valence-corrected chi connectivity index (χ3v) is 5.27. The van der Waals surface area contributed by atoms with Crippen molar-refractivity contribution in [3.63, 3.8) is 0 Å². The molecule has 0 bridgehead atoms. The monoisotopic (exact) mass is 437 g/mol. The Morgan fingerprint density at radius 3 is 2.44 bits per heavy atom. The van der Waals surface area contributed by atoms with Crippen LogP contribution in [-0.2, 0) is 19.0 Å². The second kappa shape index (κ2) is 10.8. The molecular weight excluding hydrogens is 410 g/mol. The molecule has 0 aliphatic carbocycles. The Labute approximate surface area is 187 Å². The number of nitrogens with zero attached hydrogens (tertiary/aromatic N) is 1. The zero-order chi connectivity index (χ0) is 23.1. The molecule has 0 aromatic heterocycles. The summed E-state index contributed by atoms with van der Waals surface area (Å²) in [6.45, 7) is 6.51. The lowest BCUT2D eigenvalue weighted by Gasteiger charge is -2.17. The maximum atomic E-state index is 12.5. The lowest BCUT2D eigenvalue weighted by Crippen LogP contribution is -2.35. The van der Waals surface area contributed by atoms with Gasteiger partial charge in [-0.2, -0.15) is 0 Å². The molecular formula is C25H27NO6. The molecule has 1 heterocycles. The fraction of sp³-hybridized carbons (Fsp3) is 0.320. The van der Waals surface area contributed by atoms with Crippen LogP contribution in [0.25, 0.3) is 11.1 Å². The summed E-state index contributed by atoms with van der Waals surface area (Å²) < 4.78 is 16.4. The molecule has 7 nitrogen and oxygen atoms in total. The normalized spacial score (nSPS) is 23.6. The molecule has 7 heteroatoms. The van der Waals surface area contributed by atoms with E-state index in [9.17, 15) is 14.7 Å². The van der Waals surface area contributed by atoms with Gasteiger partial charge in [-0.1, -0.05) is 56.0 Å². The highest BCUT2D eigenvalue weighted by atomic mass is 16.6. The average molecular weight is 437 g/mol. The van der Waals surface area contributed by atoms with Crippen molar-refractivity contribution in [3.8, 4) is 11.1 Å². The number of carbonyl (C=O) groups is 2. The molecule has 5 atom stereocenters. The van der Waals surface area contributed by atoms with E-state index in [2.05, 4.69) is 11.6 Å². The van der Waals surface area contributed by atoms with Crippen LogP contribution in [0.4, 0.5) is 0 Å². The van der Waals surface area contributed by atoms with Crippen molar-refractivity contribution in [2.24, 2.45) is 10.9 Å².